The van der Waals surface area contributed by atoms with Crippen molar-refractivity contribution in [1.82, 2.24) is 0 Å². The largest absolute Gasteiger partial charge is 0.481 e. The lowest BCUT2D eigenvalue weighted by molar-refractivity contribution is -0.143. The van der Waals surface area contributed by atoms with Crippen molar-refractivity contribution in [3.05, 3.63) is 0 Å². The van der Waals surface area contributed by atoms with Gasteiger partial charge in [0.05, 0.1) is 5.92 Å². The summed E-state index contributed by atoms with van der Waals surface area (Å²) >= 11 is 0. The van der Waals surface area contributed by atoms with E-state index in [0.717, 1.165) is 19.3 Å². The van der Waals surface area contributed by atoms with Gasteiger partial charge in [-0.1, -0.05) is 71.6 Å². The first-order chi connectivity index (χ1) is 10.9. The maximum Gasteiger partial charge on any atom is 0.306 e. The van der Waals surface area contributed by atoms with E-state index in [-0.39, 0.29) is 12.3 Å². The predicted molar refractivity (Wildman–Crippen MR) is 93.6 cm³/mol. The highest BCUT2D eigenvalue weighted by Crippen LogP contribution is 2.18. The van der Waals surface area contributed by atoms with Gasteiger partial charge in [-0.15, -0.1) is 0 Å². The molecule has 1 fully saturated rings. The van der Waals surface area contributed by atoms with Gasteiger partial charge in [-0.05, 0) is 25.2 Å². The zero-order valence-electron chi connectivity index (χ0n) is 15.1. The number of unbranched alkanes of at least 4 members (excludes halogenated alkanes) is 1. The molecule has 0 aromatic carbocycles. The molecule has 0 aliphatic heterocycles. The summed E-state index contributed by atoms with van der Waals surface area (Å²) in [6.45, 7) is 4.31. The zero-order valence-corrected chi connectivity index (χ0v) is 15.1. The second-order valence-electron chi connectivity index (χ2n) is 7.12. The van der Waals surface area contributed by atoms with Crippen molar-refractivity contribution in [1.29, 1.82) is 0 Å². The van der Waals surface area contributed by atoms with Crippen LogP contribution in [0.3, 0.4) is 0 Å². The van der Waals surface area contributed by atoms with Crippen LogP contribution in [-0.2, 0) is 9.59 Å². The van der Waals surface area contributed by atoms with Gasteiger partial charge >= 0.3 is 11.9 Å². The zero-order chi connectivity index (χ0) is 17.5. The highest BCUT2D eigenvalue weighted by Gasteiger charge is 2.17. The van der Waals surface area contributed by atoms with Gasteiger partial charge in [0.2, 0.25) is 0 Å². The highest BCUT2D eigenvalue weighted by molar-refractivity contribution is 5.70. The molecule has 4 nitrogen and oxygen atoms in total. The van der Waals surface area contributed by atoms with E-state index in [9.17, 15) is 9.59 Å². The molecule has 23 heavy (non-hydrogen) atoms. The molecule has 0 bridgehead atoms. The average Bonchev–Trinajstić information content (AvgIpc) is 2.51. The molecule has 1 aliphatic rings. The molecular weight excluding hydrogens is 292 g/mol. The second kappa shape index (κ2) is 14.5. The lowest BCUT2D eigenvalue weighted by Crippen LogP contribution is -2.14. The number of hydrogen-bond acceptors (Lipinski definition) is 2. The molecule has 1 atom stereocenters. The number of carboxylic acid groups (broad SMARTS) is 2. The van der Waals surface area contributed by atoms with Crippen LogP contribution in [0.25, 0.3) is 0 Å². The number of carbonyl (C=O) groups is 2. The standard InChI is InChI=1S/C13H24O4.C6H12/c1-10(2)6-3-4-7-11(13(16)17)8-5-9-12(14)15;1-2-4-6-5-3-1/h10-11H,3-9H2,1-2H3,(H,14,15)(H,16,17);1-6H2. The van der Waals surface area contributed by atoms with Gasteiger partial charge in [0, 0.05) is 6.42 Å². The lowest BCUT2D eigenvalue weighted by atomic mass is 9.94. The van der Waals surface area contributed by atoms with Crippen molar-refractivity contribution in [3.63, 3.8) is 0 Å². The van der Waals surface area contributed by atoms with Gasteiger partial charge in [-0.25, -0.2) is 0 Å². The Labute approximate surface area is 141 Å². The third-order valence-corrected chi connectivity index (χ3v) is 4.38. The molecule has 1 rings (SSSR count). The Morgan fingerprint density at radius 2 is 1.22 bits per heavy atom. The monoisotopic (exact) mass is 328 g/mol. The molecule has 0 radical (unpaired) electrons. The van der Waals surface area contributed by atoms with Gasteiger partial charge in [-0.3, -0.25) is 9.59 Å². The fourth-order valence-corrected chi connectivity index (χ4v) is 2.89. The Hall–Kier alpha value is -1.06. The minimum absolute atomic E-state index is 0.0653. The summed E-state index contributed by atoms with van der Waals surface area (Å²) in [5, 5.41) is 17.5. The summed E-state index contributed by atoms with van der Waals surface area (Å²) in [5.74, 6) is -1.36. The molecule has 1 saturated carbocycles. The number of rotatable bonds is 10. The Morgan fingerprint density at radius 1 is 0.783 bits per heavy atom. The van der Waals surface area contributed by atoms with E-state index in [1.807, 2.05) is 0 Å². The quantitative estimate of drug-likeness (QED) is 0.519. The maximum absolute atomic E-state index is 11.0. The topological polar surface area (TPSA) is 74.6 Å². The van der Waals surface area contributed by atoms with Crippen LogP contribution in [0.2, 0.25) is 0 Å². The summed E-state index contributed by atoms with van der Waals surface area (Å²) in [7, 11) is 0. The molecule has 0 amide bonds. The van der Waals surface area contributed by atoms with Crippen LogP contribution in [0.5, 0.6) is 0 Å². The van der Waals surface area contributed by atoms with Crippen molar-refractivity contribution in [3.8, 4) is 0 Å². The SMILES string of the molecule is C1CCCCC1.CC(C)CCCCC(CCCC(=O)O)C(=O)O. The maximum atomic E-state index is 11.0. The van der Waals surface area contributed by atoms with Crippen LogP contribution >= 0.6 is 0 Å². The number of aliphatic carboxylic acids is 2. The van der Waals surface area contributed by atoms with Crippen LogP contribution in [0.1, 0.15) is 97.3 Å². The van der Waals surface area contributed by atoms with E-state index >= 15 is 0 Å². The summed E-state index contributed by atoms with van der Waals surface area (Å²) in [6, 6.07) is 0. The fraction of sp³-hybridized carbons (Fsp3) is 0.895. The summed E-state index contributed by atoms with van der Waals surface area (Å²) in [6.07, 6.45) is 13.8. The molecule has 0 heterocycles. The molecule has 2 N–H and O–H groups in total. The number of carboxylic acids is 2. The fourth-order valence-electron chi connectivity index (χ4n) is 2.89. The molecule has 0 aromatic heterocycles. The summed E-state index contributed by atoms with van der Waals surface area (Å²) in [5.41, 5.74) is 0. The molecule has 136 valence electrons. The molecule has 1 aliphatic carbocycles. The Bertz CT molecular complexity index is 297. The third-order valence-electron chi connectivity index (χ3n) is 4.38. The Kier molecular flexibility index (Phi) is 13.9. The summed E-state index contributed by atoms with van der Waals surface area (Å²) < 4.78 is 0. The Balaban J connectivity index is 0.000000664. The van der Waals surface area contributed by atoms with Crippen molar-refractivity contribution in [2.45, 2.75) is 97.3 Å². The van der Waals surface area contributed by atoms with Gasteiger partial charge < -0.3 is 10.2 Å². The summed E-state index contributed by atoms with van der Waals surface area (Å²) in [4.78, 5) is 21.3. The highest BCUT2D eigenvalue weighted by atomic mass is 16.4. The molecular formula is C19H36O4. The van der Waals surface area contributed by atoms with Crippen LogP contribution in [0.4, 0.5) is 0 Å². The van der Waals surface area contributed by atoms with E-state index in [0.29, 0.717) is 25.2 Å². The van der Waals surface area contributed by atoms with E-state index in [1.165, 1.54) is 38.5 Å². The minimum atomic E-state index is -0.853. The van der Waals surface area contributed by atoms with Gasteiger partial charge in [0.1, 0.15) is 0 Å². The normalized spacial score (nSPS) is 15.6. The van der Waals surface area contributed by atoms with E-state index < -0.39 is 11.9 Å². The van der Waals surface area contributed by atoms with Crippen molar-refractivity contribution in [2.75, 3.05) is 0 Å². The molecule has 0 spiro atoms. The Morgan fingerprint density at radius 3 is 1.61 bits per heavy atom. The van der Waals surface area contributed by atoms with E-state index in [1.54, 1.807) is 0 Å². The van der Waals surface area contributed by atoms with Crippen LogP contribution in [0, 0.1) is 11.8 Å². The molecule has 4 heteroatoms. The van der Waals surface area contributed by atoms with Crippen molar-refractivity contribution < 1.29 is 19.8 Å². The molecule has 0 saturated heterocycles. The van der Waals surface area contributed by atoms with E-state index in [2.05, 4.69) is 13.8 Å². The molecule has 1 unspecified atom stereocenters. The van der Waals surface area contributed by atoms with Gasteiger partial charge in [-0.2, -0.15) is 0 Å². The first kappa shape index (κ1) is 21.9. The molecule has 0 aromatic rings. The van der Waals surface area contributed by atoms with Crippen LogP contribution in [-0.4, -0.2) is 22.2 Å². The first-order valence-electron chi connectivity index (χ1n) is 9.38. The third kappa shape index (κ3) is 15.6. The van der Waals surface area contributed by atoms with E-state index in [4.69, 9.17) is 10.2 Å². The lowest BCUT2D eigenvalue weighted by Gasteiger charge is -2.11. The smallest absolute Gasteiger partial charge is 0.306 e. The van der Waals surface area contributed by atoms with Crippen molar-refractivity contribution >= 4 is 11.9 Å². The predicted octanol–water partition coefficient (Wildman–Crippen LogP) is 5.50. The first-order valence-corrected chi connectivity index (χ1v) is 9.38. The van der Waals surface area contributed by atoms with Crippen molar-refractivity contribution in [2.24, 2.45) is 11.8 Å². The van der Waals surface area contributed by atoms with Crippen LogP contribution in [0.15, 0.2) is 0 Å². The average molecular weight is 328 g/mol. The van der Waals surface area contributed by atoms with Crippen LogP contribution < -0.4 is 0 Å². The number of hydrogen-bond donors (Lipinski definition) is 2. The van der Waals surface area contributed by atoms with Gasteiger partial charge in [0.15, 0.2) is 0 Å². The van der Waals surface area contributed by atoms with Gasteiger partial charge in [0.25, 0.3) is 0 Å². The second-order valence-corrected chi connectivity index (χ2v) is 7.12. The minimum Gasteiger partial charge on any atom is -0.481 e.